The Labute approximate surface area is 126 Å². The minimum absolute atomic E-state index is 0.159. The number of fused-ring (bicyclic) bond motifs is 1. The number of aliphatic carboxylic acids is 1. The van der Waals surface area contributed by atoms with Gasteiger partial charge in [0, 0.05) is 29.0 Å². The topological polar surface area (TPSA) is 73.4 Å². The largest absolute Gasteiger partial charge is 0.481 e. The third-order valence-electron chi connectivity index (χ3n) is 3.87. The minimum atomic E-state index is -0.837. The van der Waals surface area contributed by atoms with Gasteiger partial charge in [-0.25, -0.2) is 0 Å². The summed E-state index contributed by atoms with van der Waals surface area (Å²) >= 11 is 5.93. The number of carboxylic acid groups (broad SMARTS) is 1. The lowest BCUT2D eigenvalue weighted by Gasteiger charge is -2.30. The number of carbonyl (C=O) groups excluding carboxylic acids is 1. The molecule has 6 heteroatoms. The Morgan fingerprint density at radius 3 is 2.90 bits per heavy atom. The molecule has 1 aromatic heterocycles. The number of amides is 1. The lowest BCUT2D eigenvalue weighted by Crippen LogP contribution is -2.42. The summed E-state index contributed by atoms with van der Waals surface area (Å²) in [5.41, 5.74) is 1.27. The fourth-order valence-corrected chi connectivity index (χ4v) is 2.92. The molecule has 0 unspecified atom stereocenters. The van der Waals surface area contributed by atoms with Crippen LogP contribution in [-0.4, -0.2) is 40.0 Å². The number of nitrogens with one attached hydrogen (secondary N) is 1. The van der Waals surface area contributed by atoms with E-state index in [1.54, 1.807) is 23.1 Å². The highest BCUT2D eigenvalue weighted by atomic mass is 35.5. The first-order chi connectivity index (χ1) is 10.0. The monoisotopic (exact) mass is 306 g/mol. The molecule has 1 fully saturated rings. The van der Waals surface area contributed by atoms with Crippen molar-refractivity contribution in [2.24, 2.45) is 5.92 Å². The number of carboxylic acids is 1. The number of halogens is 1. The standard InChI is InChI=1S/C15H15ClN2O3/c16-11-4-3-9-6-13(17-12(9)7-11)14(19)18-5-1-2-10(8-18)15(20)21/h3-4,6-7,10,17H,1-2,5,8H2,(H,20,21)/t10-/m1/s1. The zero-order valence-electron chi connectivity index (χ0n) is 11.3. The molecule has 21 heavy (non-hydrogen) atoms. The minimum Gasteiger partial charge on any atom is -0.481 e. The van der Waals surface area contributed by atoms with Gasteiger partial charge in [0.1, 0.15) is 5.69 Å². The van der Waals surface area contributed by atoms with Crippen molar-refractivity contribution < 1.29 is 14.7 Å². The molecule has 2 N–H and O–H groups in total. The smallest absolute Gasteiger partial charge is 0.308 e. The molecule has 5 nitrogen and oxygen atoms in total. The van der Waals surface area contributed by atoms with E-state index in [2.05, 4.69) is 4.98 Å². The van der Waals surface area contributed by atoms with Gasteiger partial charge >= 0.3 is 5.97 Å². The summed E-state index contributed by atoms with van der Waals surface area (Å²) in [6.07, 6.45) is 1.34. The highest BCUT2D eigenvalue weighted by Crippen LogP contribution is 2.23. The van der Waals surface area contributed by atoms with Crippen LogP contribution in [0, 0.1) is 5.92 Å². The molecule has 2 aromatic rings. The van der Waals surface area contributed by atoms with Crippen LogP contribution in [-0.2, 0) is 4.79 Å². The number of hydrogen-bond acceptors (Lipinski definition) is 2. The van der Waals surface area contributed by atoms with Crippen LogP contribution in [0.15, 0.2) is 24.3 Å². The van der Waals surface area contributed by atoms with Crippen LogP contribution in [0.3, 0.4) is 0 Å². The molecule has 0 aliphatic carbocycles. The number of rotatable bonds is 2. The Balaban J connectivity index is 1.84. The second-order valence-corrected chi connectivity index (χ2v) is 5.78. The van der Waals surface area contributed by atoms with Crippen LogP contribution in [0.5, 0.6) is 0 Å². The fraction of sp³-hybridized carbons (Fsp3) is 0.333. The van der Waals surface area contributed by atoms with E-state index in [0.717, 1.165) is 17.3 Å². The Bertz CT molecular complexity index is 710. The van der Waals surface area contributed by atoms with Gasteiger partial charge in [-0.2, -0.15) is 0 Å². The number of benzene rings is 1. The SMILES string of the molecule is O=C(O)[C@@H]1CCCN(C(=O)c2cc3ccc(Cl)cc3[nH]2)C1. The fourth-order valence-electron chi connectivity index (χ4n) is 2.75. The number of aromatic nitrogens is 1. The number of H-pyrrole nitrogens is 1. The second-order valence-electron chi connectivity index (χ2n) is 5.34. The van der Waals surface area contributed by atoms with E-state index < -0.39 is 11.9 Å². The molecule has 0 radical (unpaired) electrons. The van der Waals surface area contributed by atoms with Crippen molar-refractivity contribution in [3.05, 3.63) is 35.0 Å². The summed E-state index contributed by atoms with van der Waals surface area (Å²) in [6, 6.07) is 7.16. The van der Waals surface area contributed by atoms with Crippen molar-refractivity contribution in [2.75, 3.05) is 13.1 Å². The van der Waals surface area contributed by atoms with E-state index in [9.17, 15) is 9.59 Å². The predicted molar refractivity (Wildman–Crippen MR) is 79.6 cm³/mol. The zero-order valence-corrected chi connectivity index (χ0v) is 12.1. The lowest BCUT2D eigenvalue weighted by atomic mass is 9.98. The van der Waals surface area contributed by atoms with Crippen molar-refractivity contribution in [3.63, 3.8) is 0 Å². The number of aromatic amines is 1. The number of piperidine rings is 1. The maximum Gasteiger partial charge on any atom is 0.308 e. The van der Waals surface area contributed by atoms with Gasteiger partial charge in [0.15, 0.2) is 0 Å². The molecule has 3 rings (SSSR count). The van der Waals surface area contributed by atoms with Gasteiger partial charge < -0.3 is 15.0 Å². The Hall–Kier alpha value is -2.01. The van der Waals surface area contributed by atoms with Crippen molar-refractivity contribution in [1.29, 1.82) is 0 Å². The van der Waals surface area contributed by atoms with Crippen LogP contribution < -0.4 is 0 Å². The molecule has 1 aliphatic rings. The number of carbonyl (C=O) groups is 2. The third kappa shape index (κ3) is 2.74. The van der Waals surface area contributed by atoms with Crippen molar-refractivity contribution in [3.8, 4) is 0 Å². The molecule has 110 valence electrons. The van der Waals surface area contributed by atoms with Crippen molar-refractivity contribution in [2.45, 2.75) is 12.8 Å². The summed E-state index contributed by atoms with van der Waals surface area (Å²) in [5, 5.41) is 10.6. The summed E-state index contributed by atoms with van der Waals surface area (Å²) < 4.78 is 0. The summed E-state index contributed by atoms with van der Waals surface area (Å²) in [4.78, 5) is 28.2. The van der Waals surface area contributed by atoms with Crippen molar-refractivity contribution in [1.82, 2.24) is 9.88 Å². The Morgan fingerprint density at radius 1 is 1.33 bits per heavy atom. The molecule has 1 amide bonds. The van der Waals surface area contributed by atoms with Gasteiger partial charge in [0.25, 0.3) is 5.91 Å². The van der Waals surface area contributed by atoms with Gasteiger partial charge in [-0.05, 0) is 31.0 Å². The van der Waals surface area contributed by atoms with Crippen molar-refractivity contribution >= 4 is 34.4 Å². The van der Waals surface area contributed by atoms with Crippen LogP contribution in [0.25, 0.3) is 10.9 Å². The highest BCUT2D eigenvalue weighted by Gasteiger charge is 2.29. The molecular formula is C15H15ClN2O3. The van der Waals surface area contributed by atoms with Gasteiger partial charge in [0.2, 0.25) is 0 Å². The second kappa shape index (κ2) is 5.41. The summed E-state index contributed by atoms with van der Waals surface area (Å²) in [5.74, 6) is -1.47. The maximum atomic E-state index is 12.5. The average molecular weight is 307 g/mol. The quantitative estimate of drug-likeness (QED) is 0.896. The number of nitrogens with zero attached hydrogens (tertiary/aromatic N) is 1. The molecule has 1 aliphatic heterocycles. The maximum absolute atomic E-state index is 12.5. The molecule has 1 saturated heterocycles. The Morgan fingerprint density at radius 2 is 2.14 bits per heavy atom. The highest BCUT2D eigenvalue weighted by molar-refractivity contribution is 6.31. The predicted octanol–water partition coefficient (Wildman–Crippen LogP) is 2.76. The average Bonchev–Trinajstić information content (AvgIpc) is 2.89. The van der Waals surface area contributed by atoms with Crippen LogP contribution in [0.2, 0.25) is 5.02 Å². The molecule has 1 atom stereocenters. The first-order valence-corrected chi connectivity index (χ1v) is 7.23. The Kier molecular flexibility index (Phi) is 3.59. The summed E-state index contributed by atoms with van der Waals surface area (Å²) in [6.45, 7) is 0.864. The third-order valence-corrected chi connectivity index (χ3v) is 4.11. The van der Waals surface area contributed by atoms with E-state index in [4.69, 9.17) is 16.7 Å². The van der Waals surface area contributed by atoms with E-state index in [-0.39, 0.29) is 12.5 Å². The number of likely N-dealkylation sites (tertiary alicyclic amines) is 1. The first-order valence-electron chi connectivity index (χ1n) is 6.85. The number of hydrogen-bond donors (Lipinski definition) is 2. The van der Waals surface area contributed by atoms with Gasteiger partial charge in [-0.3, -0.25) is 9.59 Å². The van der Waals surface area contributed by atoms with E-state index in [1.165, 1.54) is 0 Å². The van der Waals surface area contributed by atoms with E-state index in [1.807, 2.05) is 6.07 Å². The van der Waals surface area contributed by atoms with Crippen LogP contribution in [0.1, 0.15) is 23.3 Å². The molecule has 0 saturated carbocycles. The van der Waals surface area contributed by atoms with Gasteiger partial charge in [0.05, 0.1) is 5.92 Å². The van der Waals surface area contributed by atoms with Crippen LogP contribution >= 0.6 is 11.6 Å². The molecule has 0 spiro atoms. The van der Waals surface area contributed by atoms with Gasteiger partial charge in [-0.15, -0.1) is 0 Å². The normalized spacial score (nSPS) is 18.9. The lowest BCUT2D eigenvalue weighted by molar-refractivity contribution is -0.143. The molecule has 0 bridgehead atoms. The van der Waals surface area contributed by atoms with Gasteiger partial charge in [-0.1, -0.05) is 17.7 Å². The van der Waals surface area contributed by atoms with E-state index in [0.29, 0.717) is 23.7 Å². The van der Waals surface area contributed by atoms with Crippen LogP contribution in [0.4, 0.5) is 0 Å². The molecule has 1 aromatic carbocycles. The first kappa shape index (κ1) is 13.9. The van der Waals surface area contributed by atoms with E-state index >= 15 is 0 Å². The molecule has 2 heterocycles. The summed E-state index contributed by atoms with van der Waals surface area (Å²) in [7, 11) is 0. The molecular weight excluding hydrogens is 292 g/mol. The zero-order chi connectivity index (χ0) is 15.0.